The van der Waals surface area contributed by atoms with Gasteiger partial charge in [-0.3, -0.25) is 9.59 Å². The highest BCUT2D eigenvalue weighted by Gasteiger charge is 2.30. The Labute approximate surface area is 218 Å². The number of anilines is 3. The molecule has 0 aliphatic carbocycles. The Kier molecular flexibility index (Phi) is 7.59. The molecule has 8 nitrogen and oxygen atoms in total. The van der Waals surface area contributed by atoms with E-state index in [1.54, 1.807) is 32.9 Å². The SMILES string of the molecule is CNC(=O)COc1cc2c(F)c(Nc3cc(N4CCC(C)(F)CC4)ncc3Cl)ccc2n(C(C)C)c1=O. The van der Waals surface area contributed by atoms with Crippen LogP contribution in [0.15, 0.2) is 35.3 Å². The average molecular weight is 534 g/mol. The van der Waals surface area contributed by atoms with Crippen molar-refractivity contribution in [1.29, 1.82) is 0 Å². The van der Waals surface area contributed by atoms with E-state index in [9.17, 15) is 14.0 Å². The first-order valence-corrected chi connectivity index (χ1v) is 12.5. The summed E-state index contributed by atoms with van der Waals surface area (Å²) in [6, 6.07) is 5.91. The van der Waals surface area contributed by atoms with Gasteiger partial charge in [-0.1, -0.05) is 11.6 Å². The molecule has 2 N–H and O–H groups in total. The van der Waals surface area contributed by atoms with E-state index in [4.69, 9.17) is 16.3 Å². The number of nitrogens with one attached hydrogen (secondary N) is 2. The van der Waals surface area contributed by atoms with Crippen molar-refractivity contribution < 1.29 is 18.3 Å². The molecule has 0 atom stereocenters. The predicted molar refractivity (Wildman–Crippen MR) is 142 cm³/mol. The van der Waals surface area contributed by atoms with Gasteiger partial charge in [-0.25, -0.2) is 13.8 Å². The molecule has 3 heterocycles. The van der Waals surface area contributed by atoms with Crippen molar-refractivity contribution >= 4 is 45.6 Å². The van der Waals surface area contributed by atoms with E-state index in [-0.39, 0.29) is 34.5 Å². The van der Waals surface area contributed by atoms with Crippen molar-refractivity contribution in [2.45, 2.75) is 45.3 Å². The largest absolute Gasteiger partial charge is 0.478 e. The molecular formula is C26H30ClF2N5O3. The molecule has 1 aromatic carbocycles. The zero-order valence-electron chi connectivity index (χ0n) is 21.2. The molecular weight excluding hydrogens is 504 g/mol. The van der Waals surface area contributed by atoms with Crippen molar-refractivity contribution in [2.75, 3.05) is 37.0 Å². The first-order valence-electron chi connectivity index (χ1n) is 12.1. The molecule has 0 bridgehead atoms. The number of rotatable bonds is 7. The highest BCUT2D eigenvalue weighted by atomic mass is 35.5. The van der Waals surface area contributed by atoms with Gasteiger partial charge in [-0.2, -0.15) is 0 Å². The van der Waals surface area contributed by atoms with Gasteiger partial charge < -0.3 is 24.8 Å². The van der Waals surface area contributed by atoms with Gasteiger partial charge in [-0.05, 0) is 51.8 Å². The number of amides is 1. The molecule has 1 aliphatic heterocycles. The van der Waals surface area contributed by atoms with Crippen LogP contribution in [0.2, 0.25) is 5.02 Å². The van der Waals surface area contributed by atoms with Crippen LogP contribution in [-0.2, 0) is 4.79 Å². The van der Waals surface area contributed by atoms with Gasteiger partial charge in [0, 0.05) is 37.6 Å². The van der Waals surface area contributed by atoms with Crippen LogP contribution < -0.4 is 25.8 Å². The van der Waals surface area contributed by atoms with Crippen LogP contribution in [0.1, 0.15) is 39.7 Å². The number of hydrogen-bond acceptors (Lipinski definition) is 6. The van der Waals surface area contributed by atoms with Crippen LogP contribution >= 0.6 is 11.6 Å². The van der Waals surface area contributed by atoms with E-state index < -0.39 is 23.0 Å². The first kappa shape index (κ1) is 26.7. The maximum absolute atomic E-state index is 15.8. The Hall–Kier alpha value is -3.40. The minimum absolute atomic E-state index is 0.130. The highest BCUT2D eigenvalue weighted by Crippen LogP contribution is 2.34. The molecule has 11 heteroatoms. The number of nitrogens with zero attached hydrogens (tertiary/aromatic N) is 3. The zero-order valence-corrected chi connectivity index (χ0v) is 22.0. The number of pyridine rings is 2. The van der Waals surface area contributed by atoms with Crippen LogP contribution in [0.4, 0.5) is 26.0 Å². The van der Waals surface area contributed by atoms with Gasteiger partial charge in [0.25, 0.3) is 11.5 Å². The fourth-order valence-electron chi connectivity index (χ4n) is 4.32. The van der Waals surface area contributed by atoms with E-state index in [1.807, 2.05) is 4.90 Å². The van der Waals surface area contributed by atoms with Gasteiger partial charge >= 0.3 is 0 Å². The number of likely N-dealkylation sites (N-methyl/N-ethyl adjacent to an activating group) is 1. The third kappa shape index (κ3) is 5.64. The van der Waals surface area contributed by atoms with Gasteiger partial charge in [0.1, 0.15) is 11.5 Å². The zero-order chi connectivity index (χ0) is 26.9. The molecule has 0 saturated carbocycles. The quantitative estimate of drug-likeness (QED) is 0.446. The Balaban J connectivity index is 1.70. The van der Waals surface area contributed by atoms with E-state index in [2.05, 4.69) is 15.6 Å². The molecule has 0 unspecified atom stereocenters. The summed E-state index contributed by atoms with van der Waals surface area (Å²) in [5, 5.41) is 5.88. The number of halogens is 3. The number of aromatic nitrogens is 2. The monoisotopic (exact) mass is 533 g/mol. The lowest BCUT2D eigenvalue weighted by molar-refractivity contribution is -0.122. The third-order valence-electron chi connectivity index (χ3n) is 6.52. The Morgan fingerprint density at radius 1 is 1.24 bits per heavy atom. The molecule has 4 rings (SSSR count). The number of ether oxygens (including phenoxy) is 1. The minimum Gasteiger partial charge on any atom is -0.478 e. The van der Waals surface area contributed by atoms with Crippen molar-refractivity contribution in [3.63, 3.8) is 0 Å². The summed E-state index contributed by atoms with van der Waals surface area (Å²) in [4.78, 5) is 31.0. The number of benzene rings is 1. The second-order valence-electron chi connectivity index (χ2n) is 9.65. The maximum Gasteiger partial charge on any atom is 0.293 e. The Morgan fingerprint density at radius 2 is 1.95 bits per heavy atom. The van der Waals surface area contributed by atoms with Crippen molar-refractivity contribution in [3.05, 3.63) is 51.7 Å². The summed E-state index contributed by atoms with van der Waals surface area (Å²) in [7, 11) is 1.45. The summed E-state index contributed by atoms with van der Waals surface area (Å²) < 4.78 is 36.9. The summed E-state index contributed by atoms with van der Waals surface area (Å²) in [5.41, 5.74) is -0.698. The van der Waals surface area contributed by atoms with Gasteiger partial charge in [0.15, 0.2) is 18.2 Å². The molecule has 0 radical (unpaired) electrons. The smallest absolute Gasteiger partial charge is 0.293 e. The van der Waals surface area contributed by atoms with Gasteiger partial charge in [-0.15, -0.1) is 0 Å². The van der Waals surface area contributed by atoms with Crippen LogP contribution in [0.5, 0.6) is 5.75 Å². The Morgan fingerprint density at radius 3 is 2.59 bits per heavy atom. The number of piperidine rings is 1. The lowest BCUT2D eigenvalue weighted by Crippen LogP contribution is -2.40. The maximum atomic E-state index is 15.8. The molecule has 1 aliphatic rings. The van der Waals surface area contributed by atoms with Crippen LogP contribution in [0, 0.1) is 5.82 Å². The number of hydrogen-bond donors (Lipinski definition) is 2. The molecule has 2 aromatic heterocycles. The minimum atomic E-state index is -1.20. The van der Waals surface area contributed by atoms with E-state index in [0.717, 1.165) is 0 Å². The summed E-state index contributed by atoms with van der Waals surface area (Å²) in [6.07, 6.45) is 2.26. The summed E-state index contributed by atoms with van der Waals surface area (Å²) >= 11 is 6.37. The number of alkyl halides is 1. The topological polar surface area (TPSA) is 88.5 Å². The van der Waals surface area contributed by atoms with Crippen molar-refractivity contribution in [2.24, 2.45) is 0 Å². The van der Waals surface area contributed by atoms with E-state index in [1.165, 1.54) is 29.9 Å². The average Bonchev–Trinajstić information content (AvgIpc) is 2.85. The van der Waals surface area contributed by atoms with Crippen molar-refractivity contribution in [1.82, 2.24) is 14.9 Å². The highest BCUT2D eigenvalue weighted by molar-refractivity contribution is 6.33. The van der Waals surface area contributed by atoms with Crippen molar-refractivity contribution in [3.8, 4) is 5.75 Å². The molecule has 1 amide bonds. The number of fused-ring (bicyclic) bond motifs is 1. The molecule has 37 heavy (non-hydrogen) atoms. The normalized spacial score (nSPS) is 15.2. The molecule has 1 saturated heterocycles. The van der Waals surface area contributed by atoms with Crippen LogP contribution in [-0.4, -0.2) is 47.9 Å². The predicted octanol–water partition coefficient (Wildman–Crippen LogP) is 4.97. The fourth-order valence-corrected chi connectivity index (χ4v) is 4.47. The number of carbonyl (C=O) groups is 1. The second-order valence-corrected chi connectivity index (χ2v) is 10.1. The summed E-state index contributed by atoms with van der Waals surface area (Å²) in [5.74, 6) is -0.547. The standard InChI is InChI=1S/C26H30ClF2N5O3/c1-15(2)34-20-6-5-18(24(28)16(20)11-21(25(34)36)37-14-23(35)30-4)32-19-12-22(31-13-17(19)27)33-9-7-26(3,29)8-10-33/h5-6,11-13,15H,7-10,14H2,1-4H3,(H,30,35)(H,31,32). The Bertz CT molecular complexity index is 1380. The second kappa shape index (κ2) is 10.5. The first-order chi connectivity index (χ1) is 17.5. The molecule has 198 valence electrons. The fraction of sp³-hybridized carbons (Fsp3) is 0.423. The summed E-state index contributed by atoms with van der Waals surface area (Å²) in [6.45, 7) is 5.86. The third-order valence-corrected chi connectivity index (χ3v) is 6.82. The lowest BCUT2D eigenvalue weighted by atomic mass is 9.96. The molecule has 0 spiro atoms. The van der Waals surface area contributed by atoms with E-state index in [0.29, 0.717) is 43.0 Å². The number of carbonyl (C=O) groups excluding carboxylic acids is 1. The van der Waals surface area contributed by atoms with Gasteiger partial charge in [0.05, 0.1) is 28.1 Å². The van der Waals surface area contributed by atoms with Crippen LogP contribution in [0.25, 0.3) is 10.9 Å². The molecule has 1 fully saturated rings. The molecule has 3 aromatic rings. The lowest BCUT2D eigenvalue weighted by Gasteiger charge is -2.35. The van der Waals surface area contributed by atoms with Crippen LogP contribution in [0.3, 0.4) is 0 Å². The van der Waals surface area contributed by atoms with Gasteiger partial charge in [0.2, 0.25) is 0 Å². The van der Waals surface area contributed by atoms with E-state index >= 15 is 4.39 Å².